The van der Waals surface area contributed by atoms with E-state index in [1.807, 2.05) is 0 Å². The van der Waals surface area contributed by atoms with E-state index in [2.05, 4.69) is 10.9 Å². The first-order valence-corrected chi connectivity index (χ1v) is 15.5. The Morgan fingerprint density at radius 1 is 0.920 bits per heavy atom. The Bertz CT molecular complexity index is 1660. The maximum Gasteiger partial charge on any atom is 0.416 e. The summed E-state index contributed by atoms with van der Waals surface area (Å²) in [6.07, 6.45) is -13.0. The zero-order chi connectivity index (χ0) is 36.3. The fourth-order valence-corrected chi connectivity index (χ4v) is 6.45. The number of ether oxygens (including phenoxy) is 2. The highest BCUT2D eigenvalue weighted by molar-refractivity contribution is 5.79. The molecule has 10 nitrogen and oxygen atoms in total. The Balaban J connectivity index is 1.56. The third-order valence-corrected chi connectivity index (χ3v) is 9.09. The van der Waals surface area contributed by atoms with Gasteiger partial charge in [0.2, 0.25) is 0 Å². The van der Waals surface area contributed by atoms with Crippen LogP contribution in [-0.2, 0) is 38.8 Å². The third-order valence-electron chi connectivity index (χ3n) is 9.09. The lowest BCUT2D eigenvalue weighted by Crippen LogP contribution is -2.67. The van der Waals surface area contributed by atoms with E-state index < -0.39 is 77.3 Å². The highest BCUT2D eigenvalue weighted by atomic mass is 19.4. The first-order chi connectivity index (χ1) is 23.5. The molecule has 3 aromatic rings. The first-order valence-electron chi connectivity index (χ1n) is 15.5. The van der Waals surface area contributed by atoms with Crippen molar-refractivity contribution in [3.05, 3.63) is 107 Å². The Kier molecular flexibility index (Phi) is 10.3. The van der Waals surface area contributed by atoms with Crippen LogP contribution in [0.4, 0.5) is 35.9 Å². The minimum absolute atomic E-state index is 0.0191. The number of nitrogens with zero attached hydrogens (tertiary/aromatic N) is 2. The van der Waals surface area contributed by atoms with E-state index in [4.69, 9.17) is 9.47 Å². The number of carboxylic acids is 1. The third kappa shape index (κ3) is 7.81. The Labute approximate surface area is 282 Å². The largest absolute Gasteiger partial charge is 0.481 e. The van der Waals surface area contributed by atoms with Gasteiger partial charge in [-0.1, -0.05) is 60.7 Å². The summed E-state index contributed by atoms with van der Waals surface area (Å²) in [7, 11) is 0. The van der Waals surface area contributed by atoms with Gasteiger partial charge >= 0.3 is 30.4 Å². The van der Waals surface area contributed by atoms with Crippen molar-refractivity contribution in [2.75, 3.05) is 19.8 Å². The molecular formula is C34H34F6N4O6. The van der Waals surface area contributed by atoms with Crippen LogP contribution in [0.2, 0.25) is 0 Å². The number of alkyl halides is 6. The number of hydrogen-bond acceptors (Lipinski definition) is 6. The number of benzene rings is 3. The summed E-state index contributed by atoms with van der Waals surface area (Å²) < 4.78 is 93.8. The zero-order valence-electron chi connectivity index (χ0n) is 26.7. The maximum atomic E-state index is 14.2. The minimum Gasteiger partial charge on any atom is -0.481 e. The van der Waals surface area contributed by atoms with Gasteiger partial charge in [0.1, 0.15) is 6.61 Å². The van der Waals surface area contributed by atoms with Crippen LogP contribution < -0.4 is 10.9 Å². The van der Waals surface area contributed by atoms with Crippen molar-refractivity contribution in [1.82, 2.24) is 20.7 Å². The van der Waals surface area contributed by atoms with Gasteiger partial charge in [0.05, 0.1) is 48.0 Å². The van der Waals surface area contributed by atoms with Gasteiger partial charge in [-0.2, -0.15) is 26.3 Å². The Hall–Kier alpha value is -4.83. The van der Waals surface area contributed by atoms with Gasteiger partial charge < -0.3 is 19.5 Å². The van der Waals surface area contributed by atoms with Gasteiger partial charge in [0, 0.05) is 6.54 Å². The molecule has 2 aliphatic rings. The van der Waals surface area contributed by atoms with Crippen molar-refractivity contribution in [1.29, 1.82) is 0 Å². The molecule has 0 aromatic heterocycles. The predicted octanol–water partition coefficient (Wildman–Crippen LogP) is 6.83. The van der Waals surface area contributed by atoms with Gasteiger partial charge in [0.15, 0.2) is 0 Å². The van der Waals surface area contributed by atoms with Crippen molar-refractivity contribution in [2.24, 2.45) is 0 Å². The Morgan fingerprint density at radius 2 is 1.52 bits per heavy atom. The van der Waals surface area contributed by atoms with E-state index in [1.165, 1.54) is 16.7 Å². The van der Waals surface area contributed by atoms with Crippen LogP contribution in [0, 0.1) is 0 Å². The molecule has 0 spiro atoms. The SMILES string of the molecule is C[C@@H](OC[C@@]1(c2ccccc2)CC[C@](CC(=O)O)(N2CNNC2=O)CN1C(=O)OCc1ccccc1)c1cc(C(F)(F)F)cc(C(F)(F)F)c1. The number of aliphatic carboxylic acids is 1. The smallest absolute Gasteiger partial charge is 0.416 e. The number of likely N-dealkylation sites (tertiary alicyclic amines) is 1. The summed E-state index contributed by atoms with van der Waals surface area (Å²) in [5.41, 5.74) is -0.119. The monoisotopic (exact) mass is 708 g/mol. The molecule has 0 bridgehead atoms. The molecule has 3 aromatic carbocycles. The maximum absolute atomic E-state index is 14.2. The standard InChI is InChI=1S/C34H34F6N4O6/c1-22(24-14-26(33(35,36)37)16-27(15-24)34(38,39)40)50-20-32(25-10-6-3-7-11-25)13-12-31(17-28(45)46,44-21-41-42-29(44)47)19-43(32)30(48)49-18-23-8-4-2-5-9-23/h2-11,14-16,22,41H,12-13,17-21H2,1H3,(H,42,47)(H,45,46)/t22-,31-,32-/m1/s1. The van der Waals surface area contributed by atoms with Crippen LogP contribution in [0.25, 0.3) is 0 Å². The van der Waals surface area contributed by atoms with Crippen LogP contribution in [-0.4, -0.2) is 58.4 Å². The van der Waals surface area contributed by atoms with Crippen molar-refractivity contribution in [3.8, 4) is 0 Å². The molecule has 2 saturated heterocycles. The molecular weight excluding hydrogens is 674 g/mol. The quantitative estimate of drug-likeness (QED) is 0.198. The van der Waals surface area contributed by atoms with E-state index in [-0.39, 0.29) is 38.7 Å². The fourth-order valence-electron chi connectivity index (χ4n) is 6.45. The number of carbonyl (C=O) groups is 3. The van der Waals surface area contributed by atoms with Gasteiger partial charge in [-0.25, -0.2) is 15.0 Å². The molecule has 16 heteroatoms. The highest BCUT2D eigenvalue weighted by Crippen LogP contribution is 2.46. The van der Waals surface area contributed by atoms with Crippen LogP contribution in [0.3, 0.4) is 0 Å². The van der Waals surface area contributed by atoms with E-state index in [1.54, 1.807) is 60.7 Å². The first kappa shape index (κ1) is 36.5. The number of rotatable bonds is 10. The van der Waals surface area contributed by atoms with Gasteiger partial charge in [-0.15, -0.1) is 0 Å². The number of piperidine rings is 1. The topological polar surface area (TPSA) is 120 Å². The molecule has 268 valence electrons. The molecule has 5 rings (SSSR count). The highest BCUT2D eigenvalue weighted by Gasteiger charge is 2.56. The second-order valence-corrected chi connectivity index (χ2v) is 12.3. The number of hydrazine groups is 1. The molecule has 0 aliphatic carbocycles. The lowest BCUT2D eigenvalue weighted by atomic mass is 9.73. The summed E-state index contributed by atoms with van der Waals surface area (Å²) >= 11 is 0. The normalized spacial score (nSPS) is 21.9. The average molecular weight is 709 g/mol. The Morgan fingerprint density at radius 3 is 2.06 bits per heavy atom. The zero-order valence-corrected chi connectivity index (χ0v) is 26.7. The second-order valence-electron chi connectivity index (χ2n) is 12.3. The summed E-state index contributed by atoms with van der Waals surface area (Å²) in [4.78, 5) is 41.8. The summed E-state index contributed by atoms with van der Waals surface area (Å²) in [6, 6.07) is 17.7. The molecule has 0 unspecified atom stereocenters. The van der Waals surface area contributed by atoms with Crippen molar-refractivity contribution in [3.63, 3.8) is 0 Å². The fraction of sp³-hybridized carbons (Fsp3) is 0.382. The predicted molar refractivity (Wildman–Crippen MR) is 165 cm³/mol. The summed E-state index contributed by atoms with van der Waals surface area (Å²) in [5, 5.41) is 9.96. The van der Waals surface area contributed by atoms with Crippen molar-refractivity contribution >= 4 is 18.1 Å². The molecule has 3 atom stereocenters. The van der Waals surface area contributed by atoms with Crippen LogP contribution in [0.1, 0.15) is 60.1 Å². The number of amides is 3. The molecule has 3 N–H and O–H groups in total. The van der Waals surface area contributed by atoms with Crippen molar-refractivity contribution < 1.29 is 55.3 Å². The van der Waals surface area contributed by atoms with Gasteiger partial charge in [-0.05, 0) is 54.7 Å². The molecule has 2 heterocycles. The molecule has 0 saturated carbocycles. The van der Waals surface area contributed by atoms with E-state index in [9.17, 15) is 45.8 Å². The number of carboxylic acid groups (broad SMARTS) is 1. The van der Waals surface area contributed by atoms with Crippen LogP contribution in [0.5, 0.6) is 0 Å². The molecule has 2 aliphatic heterocycles. The minimum atomic E-state index is -5.08. The van der Waals surface area contributed by atoms with E-state index >= 15 is 0 Å². The lowest BCUT2D eigenvalue weighted by Gasteiger charge is -2.55. The van der Waals surface area contributed by atoms with Gasteiger partial charge in [-0.3, -0.25) is 15.1 Å². The number of carbonyl (C=O) groups excluding carboxylic acids is 2. The van der Waals surface area contributed by atoms with E-state index in [0.29, 0.717) is 23.3 Å². The molecule has 3 amide bonds. The molecule has 50 heavy (non-hydrogen) atoms. The van der Waals surface area contributed by atoms with E-state index in [0.717, 1.165) is 0 Å². The second kappa shape index (κ2) is 14.2. The van der Waals surface area contributed by atoms with Crippen LogP contribution >= 0.6 is 0 Å². The number of hydrogen-bond donors (Lipinski definition) is 3. The summed E-state index contributed by atoms with van der Waals surface area (Å²) in [6.45, 7) is 0.229. The average Bonchev–Trinajstić information content (AvgIpc) is 3.52. The van der Waals surface area contributed by atoms with Crippen LogP contribution in [0.15, 0.2) is 78.9 Å². The number of urea groups is 1. The number of halogens is 6. The summed E-state index contributed by atoms with van der Waals surface area (Å²) in [5.74, 6) is -1.25. The number of nitrogens with one attached hydrogen (secondary N) is 2. The molecule has 2 fully saturated rings. The molecule has 0 radical (unpaired) electrons. The van der Waals surface area contributed by atoms with Gasteiger partial charge in [0.25, 0.3) is 0 Å². The van der Waals surface area contributed by atoms with Crippen molar-refractivity contribution in [2.45, 2.75) is 62.3 Å². The lowest BCUT2D eigenvalue weighted by molar-refractivity contribution is -0.144.